The van der Waals surface area contributed by atoms with Crippen molar-refractivity contribution in [2.75, 3.05) is 19.0 Å². The molecule has 0 fully saturated rings. The fourth-order valence-corrected chi connectivity index (χ4v) is 2.62. The molecule has 2 rings (SSSR count). The zero-order valence-electron chi connectivity index (χ0n) is 15.9. The molecule has 0 bridgehead atoms. The molecule has 0 atom stereocenters. The van der Waals surface area contributed by atoms with Crippen LogP contribution in [0.2, 0.25) is 0 Å². The fourth-order valence-electron chi connectivity index (χ4n) is 2.62. The zero-order chi connectivity index (χ0) is 20.0. The van der Waals surface area contributed by atoms with Crippen LogP contribution in [0, 0.1) is 13.8 Å². The Balaban J connectivity index is 1.95. The highest BCUT2D eigenvalue weighted by atomic mass is 16.5. The average Bonchev–Trinajstić information content (AvgIpc) is 3.01. The van der Waals surface area contributed by atoms with Crippen LogP contribution in [0.5, 0.6) is 0 Å². The molecular weight excluding hydrogens is 348 g/mol. The number of hydrazine groups is 1. The second kappa shape index (κ2) is 8.88. The molecule has 144 valence electrons. The molecule has 0 aliphatic carbocycles. The van der Waals surface area contributed by atoms with Gasteiger partial charge in [-0.3, -0.25) is 20.4 Å². The minimum Gasteiger partial charge on any atom is -0.465 e. The lowest BCUT2D eigenvalue weighted by Gasteiger charge is -2.09. The number of benzene rings is 1. The first-order chi connectivity index (χ1) is 12.9. The number of ether oxygens (including phenoxy) is 1. The summed E-state index contributed by atoms with van der Waals surface area (Å²) in [7, 11) is 1.29. The van der Waals surface area contributed by atoms with Gasteiger partial charge in [-0.1, -0.05) is 24.6 Å². The highest BCUT2D eigenvalue weighted by molar-refractivity contribution is 6.01. The predicted molar refractivity (Wildman–Crippen MR) is 102 cm³/mol. The number of H-pyrrole nitrogens is 1. The maximum Gasteiger partial charge on any atom is 0.339 e. The number of nitrogens with one attached hydrogen (secondary N) is 4. The monoisotopic (exact) mass is 372 g/mol. The Bertz CT molecular complexity index is 840. The number of aryl methyl sites for hydroxylation is 2. The number of rotatable bonds is 6. The highest BCUT2D eigenvalue weighted by Gasteiger charge is 2.23. The van der Waals surface area contributed by atoms with Gasteiger partial charge in [0.25, 0.3) is 11.8 Å². The number of amides is 2. The molecule has 2 aromatic rings. The summed E-state index contributed by atoms with van der Waals surface area (Å²) in [5, 5.41) is 2.96. The fraction of sp³-hybridized carbons (Fsp3) is 0.316. The van der Waals surface area contributed by atoms with Crippen molar-refractivity contribution in [3.63, 3.8) is 0 Å². The van der Waals surface area contributed by atoms with Crippen LogP contribution in [-0.4, -0.2) is 36.4 Å². The van der Waals surface area contributed by atoms with Gasteiger partial charge < -0.3 is 15.0 Å². The summed E-state index contributed by atoms with van der Waals surface area (Å²) >= 11 is 0. The topological polar surface area (TPSA) is 112 Å². The molecule has 2 amide bonds. The third kappa shape index (κ3) is 4.87. The summed E-state index contributed by atoms with van der Waals surface area (Å²) in [6.45, 7) is 5.49. The third-order valence-corrected chi connectivity index (χ3v) is 4.12. The third-order valence-electron chi connectivity index (χ3n) is 4.12. The summed E-state index contributed by atoms with van der Waals surface area (Å²) in [5.74, 6) is -1.45. The predicted octanol–water partition coefficient (Wildman–Crippen LogP) is 1.85. The Morgan fingerprint density at radius 2 is 1.74 bits per heavy atom. The summed E-state index contributed by atoms with van der Waals surface area (Å²) in [6.07, 6.45) is 0.533. The molecule has 0 aliphatic rings. The standard InChI is InChI=1S/C19H24N4O4/c1-5-14-16(19(26)27-4)12(3)17(21-14)18(25)23-22-15(24)10-20-13-8-6-11(2)7-9-13/h6-9,20-21H,5,10H2,1-4H3,(H,22,24)(H,23,25). The van der Waals surface area contributed by atoms with Gasteiger partial charge in [-0.25, -0.2) is 4.79 Å². The largest absolute Gasteiger partial charge is 0.465 e. The van der Waals surface area contributed by atoms with E-state index in [-0.39, 0.29) is 12.2 Å². The van der Waals surface area contributed by atoms with Crippen LogP contribution in [0.15, 0.2) is 24.3 Å². The van der Waals surface area contributed by atoms with E-state index in [1.807, 2.05) is 38.1 Å². The van der Waals surface area contributed by atoms with E-state index in [2.05, 4.69) is 21.2 Å². The highest BCUT2D eigenvalue weighted by Crippen LogP contribution is 2.20. The van der Waals surface area contributed by atoms with Crippen molar-refractivity contribution in [3.8, 4) is 0 Å². The van der Waals surface area contributed by atoms with Gasteiger partial charge >= 0.3 is 5.97 Å². The SMILES string of the molecule is CCc1[nH]c(C(=O)NNC(=O)CNc2ccc(C)cc2)c(C)c1C(=O)OC. The number of aromatic amines is 1. The van der Waals surface area contributed by atoms with E-state index >= 15 is 0 Å². The van der Waals surface area contributed by atoms with Crippen molar-refractivity contribution in [2.24, 2.45) is 0 Å². The molecule has 0 spiro atoms. The van der Waals surface area contributed by atoms with E-state index in [1.54, 1.807) is 6.92 Å². The lowest BCUT2D eigenvalue weighted by molar-refractivity contribution is -0.120. The Hall–Kier alpha value is -3.29. The van der Waals surface area contributed by atoms with Gasteiger partial charge in [-0.15, -0.1) is 0 Å². The maximum atomic E-state index is 12.3. The quantitative estimate of drug-likeness (QED) is 0.457. The van der Waals surface area contributed by atoms with Gasteiger partial charge in [0.05, 0.1) is 19.2 Å². The first-order valence-corrected chi connectivity index (χ1v) is 8.56. The Kier molecular flexibility index (Phi) is 6.59. The number of aromatic nitrogens is 1. The van der Waals surface area contributed by atoms with Crippen LogP contribution in [0.25, 0.3) is 0 Å². The van der Waals surface area contributed by atoms with E-state index in [1.165, 1.54) is 7.11 Å². The number of carbonyl (C=O) groups excluding carboxylic acids is 3. The second-order valence-corrected chi connectivity index (χ2v) is 6.05. The summed E-state index contributed by atoms with van der Waals surface area (Å²) in [6, 6.07) is 7.59. The van der Waals surface area contributed by atoms with Crippen LogP contribution in [0.4, 0.5) is 5.69 Å². The minimum atomic E-state index is -0.541. The van der Waals surface area contributed by atoms with Crippen molar-refractivity contribution >= 4 is 23.5 Å². The second-order valence-electron chi connectivity index (χ2n) is 6.05. The van der Waals surface area contributed by atoms with Gasteiger partial charge in [0.15, 0.2) is 0 Å². The van der Waals surface area contributed by atoms with E-state index in [0.29, 0.717) is 23.2 Å². The summed E-state index contributed by atoms with van der Waals surface area (Å²) in [5.41, 5.74) is 8.25. The number of methoxy groups -OCH3 is 1. The van der Waals surface area contributed by atoms with E-state index in [0.717, 1.165) is 11.3 Å². The van der Waals surface area contributed by atoms with Crippen LogP contribution in [0.3, 0.4) is 0 Å². The lowest BCUT2D eigenvalue weighted by atomic mass is 10.1. The number of esters is 1. The molecule has 0 saturated carbocycles. The maximum absolute atomic E-state index is 12.3. The number of carbonyl (C=O) groups is 3. The Morgan fingerprint density at radius 1 is 1.07 bits per heavy atom. The smallest absolute Gasteiger partial charge is 0.339 e. The number of anilines is 1. The van der Waals surface area contributed by atoms with Gasteiger partial charge in [0.2, 0.25) is 0 Å². The van der Waals surface area contributed by atoms with Gasteiger partial charge in [0.1, 0.15) is 5.69 Å². The molecule has 0 saturated heterocycles. The molecule has 1 aromatic carbocycles. The Morgan fingerprint density at radius 3 is 2.33 bits per heavy atom. The van der Waals surface area contributed by atoms with Crippen LogP contribution < -0.4 is 16.2 Å². The van der Waals surface area contributed by atoms with Crippen LogP contribution >= 0.6 is 0 Å². The van der Waals surface area contributed by atoms with Crippen molar-refractivity contribution in [1.29, 1.82) is 0 Å². The molecule has 4 N–H and O–H groups in total. The normalized spacial score (nSPS) is 10.2. The Labute approximate surface area is 157 Å². The van der Waals surface area contributed by atoms with E-state index in [9.17, 15) is 14.4 Å². The van der Waals surface area contributed by atoms with E-state index in [4.69, 9.17) is 4.74 Å². The molecule has 0 radical (unpaired) electrons. The number of hydrogen-bond donors (Lipinski definition) is 4. The summed E-state index contributed by atoms with van der Waals surface area (Å²) in [4.78, 5) is 39.1. The summed E-state index contributed by atoms with van der Waals surface area (Å²) < 4.78 is 4.76. The average molecular weight is 372 g/mol. The van der Waals surface area contributed by atoms with Gasteiger partial charge in [-0.05, 0) is 38.0 Å². The van der Waals surface area contributed by atoms with Crippen LogP contribution in [-0.2, 0) is 16.0 Å². The van der Waals surface area contributed by atoms with Crippen molar-refractivity contribution in [2.45, 2.75) is 27.2 Å². The van der Waals surface area contributed by atoms with Gasteiger partial charge in [0, 0.05) is 11.4 Å². The van der Waals surface area contributed by atoms with Crippen molar-refractivity contribution in [1.82, 2.24) is 15.8 Å². The zero-order valence-corrected chi connectivity index (χ0v) is 15.9. The van der Waals surface area contributed by atoms with E-state index < -0.39 is 17.8 Å². The van der Waals surface area contributed by atoms with Crippen molar-refractivity contribution < 1.29 is 19.1 Å². The lowest BCUT2D eigenvalue weighted by Crippen LogP contribution is -2.44. The molecule has 8 heteroatoms. The number of hydrogen-bond acceptors (Lipinski definition) is 5. The molecule has 8 nitrogen and oxygen atoms in total. The van der Waals surface area contributed by atoms with Crippen molar-refractivity contribution in [3.05, 3.63) is 52.3 Å². The molecule has 1 aromatic heterocycles. The molecule has 27 heavy (non-hydrogen) atoms. The molecule has 0 unspecified atom stereocenters. The minimum absolute atomic E-state index is 0.000665. The first kappa shape index (κ1) is 20.0. The van der Waals surface area contributed by atoms with Gasteiger partial charge in [-0.2, -0.15) is 0 Å². The molecule has 1 heterocycles. The molecule has 0 aliphatic heterocycles. The molecular formula is C19H24N4O4. The first-order valence-electron chi connectivity index (χ1n) is 8.56. The van der Waals surface area contributed by atoms with Crippen LogP contribution in [0.1, 0.15) is 44.6 Å².